The molecule has 1 aromatic heterocycles. The maximum atomic E-state index is 3.10. The molecule has 0 unspecified atom stereocenters. The van der Waals surface area contributed by atoms with E-state index < -0.39 is 0 Å². The third-order valence-electron chi connectivity index (χ3n) is 2.12. The largest absolute Gasteiger partial charge is 2.00 e. The summed E-state index contributed by atoms with van der Waals surface area (Å²) in [5, 5.41) is 3.10. The van der Waals surface area contributed by atoms with Crippen LogP contribution < -0.4 is 12.4 Å². The molecule has 0 amide bonds. The summed E-state index contributed by atoms with van der Waals surface area (Å²) in [5.41, 5.74) is 2.69. The van der Waals surface area contributed by atoms with Crippen molar-refractivity contribution in [2.24, 2.45) is 0 Å². The van der Waals surface area contributed by atoms with Gasteiger partial charge in [-0.2, -0.15) is 12.1 Å². The van der Waals surface area contributed by atoms with Crippen LogP contribution in [0.2, 0.25) is 0 Å². The molecule has 0 fully saturated rings. The van der Waals surface area contributed by atoms with Gasteiger partial charge in [-0.25, -0.2) is 0 Å². The molecule has 3 heteroatoms. The number of halogens is 1. The fraction of sp³-hybridized carbons (Fsp3) is 0.167. The molecule has 15 heavy (non-hydrogen) atoms. The molecule has 1 aromatic carbocycles. The Balaban J connectivity index is 0.000000980. The van der Waals surface area contributed by atoms with Crippen molar-refractivity contribution in [2.45, 2.75) is 13.3 Å². The SMILES string of the molecule is CCc1ccc(-c2cc[c-]s2)cc1.[Cl-].[Zn+2]. The van der Waals surface area contributed by atoms with Crippen LogP contribution in [0.4, 0.5) is 0 Å². The number of rotatable bonds is 2. The molecule has 0 atom stereocenters. The number of aryl methyl sites for hydroxylation is 1. The van der Waals surface area contributed by atoms with E-state index in [1.807, 2.05) is 6.07 Å². The van der Waals surface area contributed by atoms with Crippen molar-refractivity contribution in [2.75, 3.05) is 0 Å². The summed E-state index contributed by atoms with van der Waals surface area (Å²) in [4.78, 5) is 1.29. The van der Waals surface area contributed by atoms with Crippen LogP contribution in [0, 0.1) is 5.38 Å². The van der Waals surface area contributed by atoms with Crippen LogP contribution in [0.25, 0.3) is 10.4 Å². The molecule has 0 radical (unpaired) electrons. The minimum Gasteiger partial charge on any atom is -1.00 e. The van der Waals surface area contributed by atoms with E-state index >= 15 is 0 Å². The van der Waals surface area contributed by atoms with Gasteiger partial charge in [0.05, 0.1) is 0 Å². The van der Waals surface area contributed by atoms with Gasteiger partial charge in [0.2, 0.25) is 0 Å². The Morgan fingerprint density at radius 1 is 1.13 bits per heavy atom. The normalized spacial score (nSPS) is 8.87. The van der Waals surface area contributed by atoms with E-state index in [4.69, 9.17) is 0 Å². The van der Waals surface area contributed by atoms with Crippen LogP contribution in [0.1, 0.15) is 12.5 Å². The van der Waals surface area contributed by atoms with Gasteiger partial charge in [-0.15, -0.1) is 10.3 Å². The van der Waals surface area contributed by atoms with Crippen LogP contribution in [0.3, 0.4) is 0 Å². The van der Waals surface area contributed by atoms with Gasteiger partial charge in [0, 0.05) is 0 Å². The summed E-state index contributed by atoms with van der Waals surface area (Å²) < 4.78 is 0. The van der Waals surface area contributed by atoms with E-state index in [-0.39, 0.29) is 31.9 Å². The maximum absolute atomic E-state index is 3.10. The monoisotopic (exact) mass is 286 g/mol. The van der Waals surface area contributed by atoms with Crippen molar-refractivity contribution < 1.29 is 31.9 Å². The van der Waals surface area contributed by atoms with Crippen molar-refractivity contribution in [1.29, 1.82) is 0 Å². The van der Waals surface area contributed by atoms with Crippen molar-refractivity contribution in [3.05, 3.63) is 47.3 Å². The Labute approximate surface area is 114 Å². The molecular weight excluding hydrogens is 277 g/mol. The Hall–Kier alpha value is -0.167. The molecule has 0 saturated heterocycles. The predicted octanol–water partition coefficient (Wildman–Crippen LogP) is 0.779. The number of benzene rings is 1. The van der Waals surface area contributed by atoms with Crippen molar-refractivity contribution in [1.82, 2.24) is 0 Å². The molecule has 0 aliphatic carbocycles. The molecule has 2 aromatic rings. The molecule has 1 heterocycles. The van der Waals surface area contributed by atoms with E-state index in [0.717, 1.165) is 6.42 Å². The van der Waals surface area contributed by atoms with Crippen LogP contribution in [-0.4, -0.2) is 0 Å². The first-order valence-corrected chi connectivity index (χ1v) is 5.27. The smallest absolute Gasteiger partial charge is 1.00 e. The first kappa shape index (κ1) is 14.8. The van der Waals surface area contributed by atoms with Gasteiger partial charge in [0.1, 0.15) is 0 Å². The van der Waals surface area contributed by atoms with Gasteiger partial charge < -0.3 is 12.4 Å². The zero-order valence-electron chi connectivity index (χ0n) is 8.66. The van der Waals surface area contributed by atoms with Crippen LogP contribution in [0.5, 0.6) is 0 Å². The third kappa shape index (κ3) is 3.72. The van der Waals surface area contributed by atoms with Crippen LogP contribution in [-0.2, 0) is 25.9 Å². The molecule has 0 bridgehead atoms. The zero-order chi connectivity index (χ0) is 9.10. The second-order valence-corrected chi connectivity index (χ2v) is 3.85. The fourth-order valence-corrected chi connectivity index (χ4v) is 1.95. The third-order valence-corrected chi connectivity index (χ3v) is 2.96. The summed E-state index contributed by atoms with van der Waals surface area (Å²) >= 11 is 1.66. The van der Waals surface area contributed by atoms with E-state index in [2.05, 4.69) is 42.6 Å². The second kappa shape index (κ2) is 7.16. The van der Waals surface area contributed by atoms with E-state index in [9.17, 15) is 0 Å². The van der Waals surface area contributed by atoms with Crippen molar-refractivity contribution >= 4 is 11.3 Å². The standard InChI is InChI=1S/C12H11S.ClH.Zn/c1-2-10-5-7-11(8-6-10)12-4-3-9-13-12;;/h3-8H,2H2,1H3;1H;/q-1;;+2/p-1. The van der Waals surface area contributed by atoms with Gasteiger partial charge in [-0.05, 0) is 12.0 Å². The quantitative estimate of drug-likeness (QED) is 0.566. The maximum Gasteiger partial charge on any atom is 2.00 e. The summed E-state index contributed by atoms with van der Waals surface area (Å²) in [6.07, 6.45) is 1.11. The Morgan fingerprint density at radius 3 is 2.27 bits per heavy atom. The minimum atomic E-state index is 0. The molecule has 74 valence electrons. The van der Waals surface area contributed by atoms with E-state index in [1.165, 1.54) is 16.0 Å². The minimum absolute atomic E-state index is 0. The van der Waals surface area contributed by atoms with Crippen LogP contribution >= 0.6 is 11.3 Å². The number of thiophene rings is 1. The molecule has 0 aliphatic rings. The first-order valence-electron chi connectivity index (χ1n) is 4.45. The average Bonchev–Trinajstić information content (AvgIpc) is 2.71. The van der Waals surface area contributed by atoms with Crippen molar-refractivity contribution in [3.63, 3.8) is 0 Å². The molecule has 0 spiro atoms. The second-order valence-electron chi connectivity index (χ2n) is 2.97. The van der Waals surface area contributed by atoms with E-state index in [0.29, 0.717) is 0 Å². The summed E-state index contributed by atoms with van der Waals surface area (Å²) in [6, 6.07) is 12.8. The Kier molecular flexibility index (Phi) is 7.08. The van der Waals surface area contributed by atoms with E-state index in [1.54, 1.807) is 11.3 Å². The van der Waals surface area contributed by atoms with Crippen molar-refractivity contribution in [3.8, 4) is 10.4 Å². The summed E-state index contributed by atoms with van der Waals surface area (Å²) in [5.74, 6) is 0. The molecular formula is C12H11ClSZn. The average molecular weight is 288 g/mol. The summed E-state index contributed by atoms with van der Waals surface area (Å²) in [7, 11) is 0. The number of hydrogen-bond acceptors (Lipinski definition) is 1. The Morgan fingerprint density at radius 2 is 1.80 bits per heavy atom. The predicted molar refractivity (Wildman–Crippen MR) is 58.0 cm³/mol. The van der Waals surface area contributed by atoms with Gasteiger partial charge in [-0.3, -0.25) is 11.3 Å². The number of hydrogen-bond donors (Lipinski definition) is 0. The first-order chi connectivity index (χ1) is 6.40. The zero-order valence-corrected chi connectivity index (χ0v) is 13.2. The van der Waals surface area contributed by atoms with Gasteiger partial charge in [0.25, 0.3) is 0 Å². The van der Waals surface area contributed by atoms with Crippen LogP contribution in [0.15, 0.2) is 36.4 Å². The summed E-state index contributed by atoms with van der Waals surface area (Å²) in [6.45, 7) is 2.17. The fourth-order valence-electron chi connectivity index (χ4n) is 1.30. The molecule has 2 rings (SSSR count). The molecule has 0 nitrogen and oxygen atoms in total. The topological polar surface area (TPSA) is 0 Å². The van der Waals surface area contributed by atoms with Gasteiger partial charge in [0.15, 0.2) is 0 Å². The molecule has 0 N–H and O–H groups in total. The van der Waals surface area contributed by atoms with Gasteiger partial charge >= 0.3 is 19.5 Å². The van der Waals surface area contributed by atoms with Gasteiger partial charge in [-0.1, -0.05) is 36.8 Å². The molecule has 0 saturated carbocycles. The molecule has 0 aliphatic heterocycles. The Bertz CT molecular complexity index is 367.